The number of hydrogen-bond acceptors (Lipinski definition) is 1. The molecule has 18 heavy (non-hydrogen) atoms. The van der Waals surface area contributed by atoms with Crippen molar-refractivity contribution >= 4 is 17.9 Å². The molecule has 0 aromatic heterocycles. The number of aldehydes is 1. The molecular formula is C15H12ClFO. The SMILES string of the molecule is O=CC(Cc1ccc(F)cc1)c1ccc(Cl)cc1. The second-order valence-corrected chi connectivity index (χ2v) is 4.56. The number of carbonyl (C=O) groups is 1. The Hall–Kier alpha value is -1.67. The Morgan fingerprint density at radius 3 is 2.22 bits per heavy atom. The highest BCUT2D eigenvalue weighted by Gasteiger charge is 2.11. The summed E-state index contributed by atoms with van der Waals surface area (Å²) in [5, 5.41) is 0.644. The van der Waals surface area contributed by atoms with Crippen molar-refractivity contribution in [2.75, 3.05) is 0 Å². The molecule has 0 aliphatic carbocycles. The molecule has 0 saturated heterocycles. The fraction of sp³-hybridized carbons (Fsp3) is 0.133. The summed E-state index contributed by atoms with van der Waals surface area (Å²) < 4.78 is 12.8. The van der Waals surface area contributed by atoms with Gasteiger partial charge in [-0.2, -0.15) is 0 Å². The van der Waals surface area contributed by atoms with Crippen LogP contribution in [0.1, 0.15) is 17.0 Å². The van der Waals surface area contributed by atoms with Crippen LogP contribution in [0.2, 0.25) is 5.02 Å². The first kappa shape index (κ1) is 12.8. The fourth-order valence-corrected chi connectivity index (χ4v) is 1.95. The first-order valence-electron chi connectivity index (χ1n) is 5.64. The van der Waals surface area contributed by atoms with Crippen LogP contribution in [-0.4, -0.2) is 6.29 Å². The van der Waals surface area contributed by atoms with Gasteiger partial charge in [0.15, 0.2) is 0 Å². The van der Waals surface area contributed by atoms with Gasteiger partial charge in [-0.25, -0.2) is 4.39 Å². The van der Waals surface area contributed by atoms with Crippen LogP contribution in [-0.2, 0) is 11.2 Å². The molecule has 0 spiro atoms. The topological polar surface area (TPSA) is 17.1 Å². The normalized spacial score (nSPS) is 12.1. The highest BCUT2D eigenvalue weighted by atomic mass is 35.5. The Labute approximate surface area is 110 Å². The van der Waals surface area contributed by atoms with Crippen LogP contribution in [0.5, 0.6) is 0 Å². The predicted octanol–water partition coefficient (Wildman–Crippen LogP) is 4.00. The zero-order chi connectivity index (χ0) is 13.0. The van der Waals surface area contributed by atoms with Crippen LogP contribution in [0.4, 0.5) is 4.39 Å². The lowest BCUT2D eigenvalue weighted by atomic mass is 9.93. The molecular weight excluding hydrogens is 251 g/mol. The van der Waals surface area contributed by atoms with E-state index in [0.717, 1.165) is 17.4 Å². The predicted molar refractivity (Wildman–Crippen MR) is 70.4 cm³/mol. The summed E-state index contributed by atoms with van der Waals surface area (Å²) in [7, 11) is 0. The Balaban J connectivity index is 2.16. The van der Waals surface area contributed by atoms with Gasteiger partial charge >= 0.3 is 0 Å². The average Bonchev–Trinajstić information content (AvgIpc) is 2.39. The van der Waals surface area contributed by atoms with Crippen LogP contribution in [0.25, 0.3) is 0 Å². The minimum absolute atomic E-state index is 0.229. The van der Waals surface area contributed by atoms with Gasteiger partial charge in [0.2, 0.25) is 0 Å². The number of hydrogen-bond donors (Lipinski definition) is 0. The molecule has 0 bridgehead atoms. The van der Waals surface area contributed by atoms with Crippen LogP contribution >= 0.6 is 11.6 Å². The maximum atomic E-state index is 12.8. The summed E-state index contributed by atoms with van der Waals surface area (Å²) in [6, 6.07) is 13.4. The second-order valence-electron chi connectivity index (χ2n) is 4.12. The monoisotopic (exact) mass is 262 g/mol. The average molecular weight is 263 g/mol. The van der Waals surface area contributed by atoms with Gasteiger partial charge in [0.1, 0.15) is 12.1 Å². The molecule has 2 aromatic carbocycles. The summed E-state index contributed by atoms with van der Waals surface area (Å²) in [5.41, 5.74) is 1.85. The van der Waals surface area contributed by atoms with Crippen molar-refractivity contribution in [3.8, 4) is 0 Å². The van der Waals surface area contributed by atoms with Gasteiger partial charge in [0.05, 0.1) is 0 Å². The van der Waals surface area contributed by atoms with Crippen molar-refractivity contribution in [2.45, 2.75) is 12.3 Å². The zero-order valence-electron chi connectivity index (χ0n) is 9.64. The molecule has 0 saturated carbocycles. The highest BCUT2D eigenvalue weighted by Crippen LogP contribution is 2.21. The third-order valence-electron chi connectivity index (χ3n) is 2.83. The Kier molecular flexibility index (Phi) is 4.11. The number of rotatable bonds is 4. The van der Waals surface area contributed by atoms with E-state index in [-0.39, 0.29) is 11.7 Å². The van der Waals surface area contributed by atoms with Crippen molar-refractivity contribution in [2.24, 2.45) is 0 Å². The quantitative estimate of drug-likeness (QED) is 0.761. The van der Waals surface area contributed by atoms with E-state index in [1.807, 2.05) is 12.1 Å². The first-order valence-corrected chi connectivity index (χ1v) is 6.02. The third-order valence-corrected chi connectivity index (χ3v) is 3.08. The Morgan fingerprint density at radius 1 is 1.06 bits per heavy atom. The standard InChI is InChI=1S/C15H12ClFO/c16-14-5-3-12(4-6-14)13(10-18)9-11-1-7-15(17)8-2-11/h1-8,10,13H,9H2. The summed E-state index contributed by atoms with van der Waals surface area (Å²) in [6.45, 7) is 0. The number of carbonyl (C=O) groups excluding carboxylic acids is 1. The maximum Gasteiger partial charge on any atom is 0.127 e. The van der Waals surface area contributed by atoms with Crippen molar-refractivity contribution in [1.29, 1.82) is 0 Å². The molecule has 1 atom stereocenters. The largest absolute Gasteiger partial charge is 0.303 e. The van der Waals surface area contributed by atoms with Crippen LogP contribution in [0, 0.1) is 5.82 Å². The van der Waals surface area contributed by atoms with Gasteiger partial charge in [-0.15, -0.1) is 0 Å². The van der Waals surface area contributed by atoms with Gasteiger partial charge in [-0.3, -0.25) is 0 Å². The molecule has 3 heteroatoms. The van der Waals surface area contributed by atoms with Crippen molar-refractivity contribution in [3.63, 3.8) is 0 Å². The van der Waals surface area contributed by atoms with Gasteiger partial charge in [-0.1, -0.05) is 35.9 Å². The Morgan fingerprint density at radius 2 is 1.67 bits per heavy atom. The summed E-state index contributed by atoms with van der Waals surface area (Å²) in [6.07, 6.45) is 1.47. The van der Waals surface area contributed by atoms with Crippen LogP contribution < -0.4 is 0 Å². The van der Waals surface area contributed by atoms with Gasteiger partial charge < -0.3 is 4.79 Å². The van der Waals surface area contributed by atoms with Gasteiger partial charge in [-0.05, 0) is 41.8 Å². The smallest absolute Gasteiger partial charge is 0.127 e. The lowest BCUT2D eigenvalue weighted by Crippen LogP contribution is -2.04. The van der Waals surface area contributed by atoms with E-state index in [4.69, 9.17) is 11.6 Å². The lowest BCUT2D eigenvalue weighted by molar-refractivity contribution is -0.109. The molecule has 0 radical (unpaired) electrons. The molecule has 0 aliphatic rings. The third kappa shape index (κ3) is 3.17. The van der Waals surface area contributed by atoms with E-state index in [1.165, 1.54) is 12.1 Å². The van der Waals surface area contributed by atoms with E-state index < -0.39 is 0 Å². The van der Waals surface area contributed by atoms with Crippen molar-refractivity contribution in [1.82, 2.24) is 0 Å². The van der Waals surface area contributed by atoms with E-state index >= 15 is 0 Å². The van der Waals surface area contributed by atoms with Crippen LogP contribution in [0.15, 0.2) is 48.5 Å². The minimum Gasteiger partial charge on any atom is -0.303 e. The lowest BCUT2D eigenvalue weighted by Gasteiger charge is -2.10. The van der Waals surface area contributed by atoms with Crippen molar-refractivity contribution < 1.29 is 9.18 Å². The maximum absolute atomic E-state index is 12.8. The van der Waals surface area contributed by atoms with Crippen LogP contribution in [0.3, 0.4) is 0 Å². The summed E-state index contributed by atoms with van der Waals surface area (Å²) >= 11 is 5.81. The molecule has 1 unspecified atom stereocenters. The molecule has 0 N–H and O–H groups in total. The molecule has 92 valence electrons. The fourth-order valence-electron chi connectivity index (χ4n) is 1.83. The molecule has 2 rings (SSSR count). The van der Waals surface area contributed by atoms with Crippen molar-refractivity contribution in [3.05, 3.63) is 70.5 Å². The number of halogens is 2. The summed E-state index contributed by atoms with van der Waals surface area (Å²) in [4.78, 5) is 11.2. The molecule has 1 nitrogen and oxygen atoms in total. The van der Waals surface area contributed by atoms with E-state index in [1.54, 1.807) is 24.3 Å². The molecule has 0 amide bonds. The minimum atomic E-state index is -0.270. The molecule has 0 fully saturated rings. The Bertz CT molecular complexity index is 519. The first-order chi connectivity index (χ1) is 8.69. The summed E-state index contributed by atoms with van der Waals surface area (Å²) in [5.74, 6) is -0.499. The molecule has 2 aromatic rings. The number of benzene rings is 2. The molecule has 0 heterocycles. The zero-order valence-corrected chi connectivity index (χ0v) is 10.4. The van der Waals surface area contributed by atoms with Gasteiger partial charge in [0, 0.05) is 10.9 Å². The molecule has 0 aliphatic heterocycles. The second kappa shape index (κ2) is 5.78. The van der Waals surface area contributed by atoms with E-state index in [9.17, 15) is 9.18 Å². The van der Waals surface area contributed by atoms with Gasteiger partial charge in [0.25, 0.3) is 0 Å². The van der Waals surface area contributed by atoms with E-state index in [2.05, 4.69) is 0 Å². The highest BCUT2D eigenvalue weighted by molar-refractivity contribution is 6.30. The van der Waals surface area contributed by atoms with E-state index in [0.29, 0.717) is 11.4 Å².